The molecule has 0 saturated heterocycles. The number of alkyl carbamates (subject to hydrolysis) is 1. The second kappa shape index (κ2) is 8.08. The van der Waals surface area contributed by atoms with Gasteiger partial charge in [-0.1, -0.05) is 0 Å². The number of H-pyrrole nitrogens is 1. The van der Waals surface area contributed by atoms with Crippen molar-refractivity contribution < 1.29 is 24.7 Å². The summed E-state index contributed by atoms with van der Waals surface area (Å²) >= 11 is 0. The molecule has 0 spiro atoms. The van der Waals surface area contributed by atoms with Gasteiger partial charge in [-0.3, -0.25) is 14.9 Å². The van der Waals surface area contributed by atoms with Crippen LogP contribution in [0.1, 0.15) is 44.4 Å². The number of ether oxygens (including phenoxy) is 1. The number of nitrogens with zero attached hydrogens (tertiary/aromatic N) is 1. The van der Waals surface area contributed by atoms with Crippen LogP contribution in [0, 0.1) is 17.0 Å². The van der Waals surface area contributed by atoms with Crippen molar-refractivity contribution in [1.82, 2.24) is 10.3 Å². The van der Waals surface area contributed by atoms with Crippen molar-refractivity contribution in [3.05, 3.63) is 37.8 Å². The first-order chi connectivity index (χ1) is 11.4. The molecule has 10 nitrogen and oxygen atoms in total. The van der Waals surface area contributed by atoms with Gasteiger partial charge in [0.25, 0.3) is 0 Å². The van der Waals surface area contributed by atoms with E-state index in [0.717, 1.165) is 6.20 Å². The summed E-state index contributed by atoms with van der Waals surface area (Å²) in [5.41, 5.74) is -2.22. The summed E-state index contributed by atoms with van der Waals surface area (Å²) < 4.78 is 5.03. The molecule has 1 aromatic heterocycles. The minimum Gasteiger partial charge on any atom is -0.444 e. The number of aliphatic hydroxyl groups is 2. The van der Waals surface area contributed by atoms with Crippen LogP contribution in [-0.4, -0.2) is 44.5 Å². The summed E-state index contributed by atoms with van der Waals surface area (Å²) in [4.78, 5) is 35.2. The highest BCUT2D eigenvalue weighted by atomic mass is 16.6. The van der Waals surface area contributed by atoms with Crippen molar-refractivity contribution in [1.29, 1.82) is 0 Å². The van der Waals surface area contributed by atoms with Crippen molar-refractivity contribution >= 4 is 11.8 Å². The van der Waals surface area contributed by atoms with Crippen LogP contribution < -0.4 is 10.9 Å². The van der Waals surface area contributed by atoms with Crippen molar-refractivity contribution in [2.24, 2.45) is 0 Å². The third-order valence-electron chi connectivity index (χ3n) is 3.34. The molecular weight excluding hydrogens is 334 g/mol. The maximum Gasteiger partial charge on any atom is 0.407 e. The molecule has 4 N–H and O–H groups in total. The van der Waals surface area contributed by atoms with Crippen LogP contribution in [0.3, 0.4) is 0 Å². The van der Waals surface area contributed by atoms with Gasteiger partial charge in [0.15, 0.2) is 0 Å². The van der Waals surface area contributed by atoms with Crippen molar-refractivity contribution in [2.45, 2.75) is 51.9 Å². The Kier molecular flexibility index (Phi) is 6.65. The third kappa shape index (κ3) is 5.84. The molecule has 0 aliphatic carbocycles. The SMILES string of the molecule is Cc1c(C(O)C(O)CCNC(=O)OC(C)(C)C)c[nH]c(=O)c1[N+](=O)[O-]. The Bertz CT molecular complexity index is 693. The molecule has 1 heterocycles. The second-order valence-electron chi connectivity index (χ2n) is 6.53. The lowest BCUT2D eigenvalue weighted by Gasteiger charge is -2.21. The number of aliphatic hydroxyl groups excluding tert-OH is 2. The Morgan fingerprint density at radius 3 is 2.56 bits per heavy atom. The van der Waals surface area contributed by atoms with E-state index in [9.17, 15) is 29.9 Å². The zero-order valence-corrected chi connectivity index (χ0v) is 14.5. The standard InChI is InChI=1S/C15H23N3O7/c1-8-9(7-17-13(21)11(8)18(23)24)12(20)10(19)5-6-16-14(22)25-15(2,3)4/h7,10,12,19-20H,5-6H2,1-4H3,(H,16,22)(H,17,21). The highest BCUT2D eigenvalue weighted by molar-refractivity contribution is 5.67. The highest BCUT2D eigenvalue weighted by Crippen LogP contribution is 2.25. The number of nitro groups is 1. The lowest BCUT2D eigenvalue weighted by molar-refractivity contribution is -0.387. The molecule has 1 amide bonds. The first-order valence-electron chi connectivity index (χ1n) is 7.63. The number of pyridine rings is 1. The normalized spacial score (nSPS) is 13.8. The van der Waals surface area contributed by atoms with E-state index in [-0.39, 0.29) is 24.1 Å². The van der Waals surface area contributed by atoms with Gasteiger partial charge >= 0.3 is 17.3 Å². The molecule has 2 unspecified atom stereocenters. The number of carbonyl (C=O) groups is 1. The molecule has 0 aliphatic rings. The van der Waals surface area contributed by atoms with Crippen LogP contribution in [0.15, 0.2) is 11.0 Å². The van der Waals surface area contributed by atoms with Gasteiger partial charge in [0.05, 0.1) is 11.0 Å². The van der Waals surface area contributed by atoms with E-state index in [2.05, 4.69) is 10.3 Å². The molecule has 10 heteroatoms. The molecule has 25 heavy (non-hydrogen) atoms. The van der Waals surface area contributed by atoms with E-state index >= 15 is 0 Å². The van der Waals surface area contributed by atoms with Crippen LogP contribution in [0.2, 0.25) is 0 Å². The van der Waals surface area contributed by atoms with E-state index in [1.165, 1.54) is 6.92 Å². The molecule has 0 saturated carbocycles. The van der Waals surface area contributed by atoms with E-state index in [0.29, 0.717) is 0 Å². The van der Waals surface area contributed by atoms with E-state index in [1.807, 2.05) is 0 Å². The number of amides is 1. The monoisotopic (exact) mass is 357 g/mol. The van der Waals surface area contributed by atoms with Gasteiger partial charge in [0.1, 0.15) is 11.7 Å². The fraction of sp³-hybridized carbons (Fsp3) is 0.600. The smallest absolute Gasteiger partial charge is 0.407 e. The minimum atomic E-state index is -1.46. The number of carbonyl (C=O) groups excluding carboxylic acids is 1. The Morgan fingerprint density at radius 2 is 2.04 bits per heavy atom. The quantitative estimate of drug-likeness (QED) is 0.435. The van der Waals surface area contributed by atoms with Crippen LogP contribution >= 0.6 is 0 Å². The largest absolute Gasteiger partial charge is 0.444 e. The first-order valence-corrected chi connectivity index (χ1v) is 7.63. The number of aromatic amines is 1. The fourth-order valence-electron chi connectivity index (χ4n) is 2.16. The lowest BCUT2D eigenvalue weighted by Crippen LogP contribution is -2.34. The predicted molar refractivity (Wildman–Crippen MR) is 88.3 cm³/mol. The summed E-state index contributed by atoms with van der Waals surface area (Å²) in [7, 11) is 0. The molecule has 0 bridgehead atoms. The molecule has 140 valence electrons. The fourth-order valence-corrected chi connectivity index (χ4v) is 2.16. The number of rotatable bonds is 6. The van der Waals surface area contributed by atoms with Crippen molar-refractivity contribution in [3.8, 4) is 0 Å². The lowest BCUT2D eigenvalue weighted by atomic mass is 9.99. The number of aromatic nitrogens is 1. The summed E-state index contributed by atoms with van der Waals surface area (Å²) in [6.45, 7) is 6.46. The Labute approximate surface area is 144 Å². The topological polar surface area (TPSA) is 155 Å². The zero-order chi connectivity index (χ0) is 19.4. The van der Waals surface area contributed by atoms with Crippen molar-refractivity contribution in [2.75, 3.05) is 6.54 Å². The number of nitrogens with one attached hydrogen (secondary N) is 2. The molecule has 0 radical (unpaired) electrons. The second-order valence-corrected chi connectivity index (χ2v) is 6.53. The molecule has 0 aliphatic heterocycles. The summed E-state index contributed by atoms with van der Waals surface area (Å²) in [5, 5.41) is 33.6. The highest BCUT2D eigenvalue weighted by Gasteiger charge is 2.27. The molecule has 1 aromatic rings. The van der Waals surface area contributed by atoms with Crippen LogP contribution in [0.5, 0.6) is 0 Å². The van der Waals surface area contributed by atoms with Gasteiger partial charge in [0, 0.05) is 23.9 Å². The third-order valence-corrected chi connectivity index (χ3v) is 3.34. The van der Waals surface area contributed by atoms with Gasteiger partial charge < -0.3 is 25.3 Å². The van der Waals surface area contributed by atoms with Crippen LogP contribution in [-0.2, 0) is 4.74 Å². The maximum atomic E-state index is 11.5. The number of hydrogen-bond acceptors (Lipinski definition) is 7. The Balaban J connectivity index is 2.73. The first kappa shape index (κ1) is 20.6. The summed E-state index contributed by atoms with van der Waals surface area (Å²) in [6, 6.07) is 0. The molecular formula is C15H23N3O7. The van der Waals surface area contributed by atoms with E-state index in [1.54, 1.807) is 20.8 Å². The van der Waals surface area contributed by atoms with Crippen LogP contribution in [0.25, 0.3) is 0 Å². The summed E-state index contributed by atoms with van der Waals surface area (Å²) in [5.74, 6) is 0. The maximum absolute atomic E-state index is 11.5. The van der Waals surface area contributed by atoms with Crippen molar-refractivity contribution in [3.63, 3.8) is 0 Å². The van der Waals surface area contributed by atoms with Gasteiger partial charge in [-0.05, 0) is 34.1 Å². The van der Waals surface area contributed by atoms with Crippen LogP contribution in [0.4, 0.5) is 10.5 Å². The Hall–Kier alpha value is -2.46. The van der Waals surface area contributed by atoms with E-state index in [4.69, 9.17) is 4.74 Å². The average molecular weight is 357 g/mol. The zero-order valence-electron chi connectivity index (χ0n) is 14.5. The van der Waals surface area contributed by atoms with Gasteiger partial charge in [-0.25, -0.2) is 4.79 Å². The minimum absolute atomic E-state index is 0.0211. The summed E-state index contributed by atoms with van der Waals surface area (Å²) in [6.07, 6.45) is -2.33. The van der Waals surface area contributed by atoms with Gasteiger partial charge in [0.2, 0.25) is 0 Å². The molecule has 0 aromatic carbocycles. The van der Waals surface area contributed by atoms with Gasteiger partial charge in [-0.2, -0.15) is 0 Å². The average Bonchev–Trinajstić information content (AvgIpc) is 2.44. The van der Waals surface area contributed by atoms with Gasteiger partial charge in [-0.15, -0.1) is 0 Å². The number of hydrogen-bond donors (Lipinski definition) is 4. The molecule has 0 fully saturated rings. The van der Waals surface area contributed by atoms with E-state index < -0.39 is 40.1 Å². The molecule has 1 rings (SSSR count). The predicted octanol–water partition coefficient (Wildman–Crippen LogP) is 0.901. The molecule has 2 atom stereocenters. The Morgan fingerprint density at radius 1 is 1.44 bits per heavy atom.